The van der Waals surface area contributed by atoms with Crippen LogP contribution < -0.4 is 4.90 Å². The lowest BCUT2D eigenvalue weighted by Crippen LogP contribution is -2.40. The highest BCUT2D eigenvalue weighted by atomic mass is 16.4. The molecule has 1 aliphatic rings. The number of rotatable bonds is 5. The summed E-state index contributed by atoms with van der Waals surface area (Å²) in [6, 6.07) is 7.81. The Hall–Kier alpha value is -1.88. The van der Waals surface area contributed by atoms with Crippen LogP contribution in [-0.4, -0.2) is 48.1 Å². The average Bonchev–Trinajstić information content (AvgIpc) is 2.90. The molecular weight excluding hydrogens is 268 g/mol. The van der Waals surface area contributed by atoms with Crippen LogP contribution in [0.15, 0.2) is 24.3 Å². The Balaban J connectivity index is 2.02. The zero-order valence-corrected chi connectivity index (χ0v) is 12.6. The molecule has 1 atom stereocenters. The Labute approximate surface area is 125 Å². The Morgan fingerprint density at radius 1 is 1.38 bits per heavy atom. The van der Waals surface area contributed by atoms with Gasteiger partial charge in [0.05, 0.1) is 12.5 Å². The van der Waals surface area contributed by atoms with E-state index in [1.807, 2.05) is 43.0 Å². The lowest BCUT2D eigenvalue weighted by atomic mass is 10.1. The molecule has 0 radical (unpaired) electrons. The fourth-order valence-corrected chi connectivity index (χ4v) is 2.80. The summed E-state index contributed by atoms with van der Waals surface area (Å²) in [6.45, 7) is 5.97. The van der Waals surface area contributed by atoms with Crippen LogP contribution in [0.2, 0.25) is 0 Å². The van der Waals surface area contributed by atoms with Crippen molar-refractivity contribution >= 4 is 17.6 Å². The summed E-state index contributed by atoms with van der Waals surface area (Å²) in [5.74, 6) is -1.08. The lowest BCUT2D eigenvalue weighted by molar-refractivity contribution is -0.141. The molecule has 0 bridgehead atoms. The van der Waals surface area contributed by atoms with Crippen LogP contribution in [0.4, 0.5) is 5.69 Å². The smallest absolute Gasteiger partial charge is 0.307 e. The third-order valence-corrected chi connectivity index (χ3v) is 4.00. The molecule has 1 N–H and O–H groups in total. The third kappa shape index (κ3) is 3.61. The van der Waals surface area contributed by atoms with Gasteiger partial charge in [0.15, 0.2) is 0 Å². The molecule has 1 heterocycles. The summed E-state index contributed by atoms with van der Waals surface area (Å²) >= 11 is 0. The number of carboxylic acid groups (broad SMARTS) is 1. The van der Waals surface area contributed by atoms with Gasteiger partial charge in [-0.05, 0) is 38.4 Å². The predicted molar refractivity (Wildman–Crippen MR) is 81.4 cm³/mol. The molecular formula is C16H22N2O3. The van der Waals surface area contributed by atoms with Crippen molar-refractivity contribution in [1.82, 2.24) is 4.90 Å². The number of amides is 1. The normalized spacial score (nSPS) is 18.7. The molecule has 1 aliphatic heterocycles. The second-order valence-corrected chi connectivity index (χ2v) is 5.48. The minimum Gasteiger partial charge on any atom is -0.481 e. The monoisotopic (exact) mass is 290 g/mol. The minimum atomic E-state index is -0.767. The highest BCUT2D eigenvalue weighted by molar-refractivity contribution is 5.95. The third-order valence-electron chi connectivity index (χ3n) is 4.00. The molecule has 114 valence electrons. The molecule has 1 fully saturated rings. The SMILES string of the molecule is CCN(C(=O)CN1CCC(C(=O)O)C1)c1ccccc1C. The van der Waals surface area contributed by atoms with E-state index in [2.05, 4.69) is 0 Å². The molecule has 21 heavy (non-hydrogen) atoms. The number of carbonyl (C=O) groups is 2. The molecule has 0 aliphatic carbocycles. The second-order valence-electron chi connectivity index (χ2n) is 5.48. The standard InChI is InChI=1S/C16H22N2O3/c1-3-18(14-7-5-4-6-12(14)2)15(19)11-17-9-8-13(10-17)16(20)21/h4-7,13H,3,8-11H2,1-2H3,(H,20,21). The summed E-state index contributed by atoms with van der Waals surface area (Å²) in [6.07, 6.45) is 0.624. The summed E-state index contributed by atoms with van der Waals surface area (Å²) in [5, 5.41) is 9.01. The molecule has 1 unspecified atom stereocenters. The van der Waals surface area contributed by atoms with Crippen molar-refractivity contribution in [3.05, 3.63) is 29.8 Å². The minimum absolute atomic E-state index is 0.0258. The van der Waals surface area contributed by atoms with E-state index < -0.39 is 5.97 Å². The first-order chi connectivity index (χ1) is 10.0. The van der Waals surface area contributed by atoms with Gasteiger partial charge in [-0.2, -0.15) is 0 Å². The quantitative estimate of drug-likeness (QED) is 0.897. The largest absolute Gasteiger partial charge is 0.481 e. The van der Waals surface area contributed by atoms with Gasteiger partial charge >= 0.3 is 5.97 Å². The van der Waals surface area contributed by atoms with Crippen molar-refractivity contribution in [2.45, 2.75) is 20.3 Å². The summed E-state index contributed by atoms with van der Waals surface area (Å²) in [5.41, 5.74) is 2.00. The molecule has 1 aromatic rings. The van der Waals surface area contributed by atoms with E-state index >= 15 is 0 Å². The fourth-order valence-electron chi connectivity index (χ4n) is 2.80. The van der Waals surface area contributed by atoms with Crippen LogP contribution in [0.5, 0.6) is 0 Å². The molecule has 5 heteroatoms. The number of likely N-dealkylation sites (tertiary alicyclic amines) is 1. The maximum atomic E-state index is 12.5. The Morgan fingerprint density at radius 2 is 2.10 bits per heavy atom. The van der Waals surface area contributed by atoms with Crippen molar-refractivity contribution in [2.24, 2.45) is 5.92 Å². The van der Waals surface area contributed by atoms with Crippen LogP contribution in [0, 0.1) is 12.8 Å². The van der Waals surface area contributed by atoms with Crippen LogP contribution in [0.25, 0.3) is 0 Å². The molecule has 1 aromatic carbocycles. The van der Waals surface area contributed by atoms with Gasteiger partial charge in [0.2, 0.25) is 5.91 Å². The number of likely N-dealkylation sites (N-methyl/N-ethyl adjacent to an activating group) is 1. The van der Waals surface area contributed by atoms with E-state index in [4.69, 9.17) is 5.11 Å². The molecule has 1 amide bonds. The van der Waals surface area contributed by atoms with E-state index in [-0.39, 0.29) is 18.4 Å². The Kier molecular flexibility index (Phi) is 4.96. The molecule has 5 nitrogen and oxygen atoms in total. The Morgan fingerprint density at radius 3 is 2.67 bits per heavy atom. The number of para-hydroxylation sites is 1. The van der Waals surface area contributed by atoms with Gasteiger partial charge in [-0.1, -0.05) is 18.2 Å². The second kappa shape index (κ2) is 6.72. The van der Waals surface area contributed by atoms with E-state index in [9.17, 15) is 9.59 Å². The highest BCUT2D eigenvalue weighted by Gasteiger charge is 2.30. The lowest BCUT2D eigenvalue weighted by Gasteiger charge is -2.25. The Bertz CT molecular complexity index is 530. The van der Waals surface area contributed by atoms with Gasteiger partial charge in [0, 0.05) is 18.8 Å². The highest BCUT2D eigenvalue weighted by Crippen LogP contribution is 2.21. The van der Waals surface area contributed by atoms with Crippen LogP contribution in [0.1, 0.15) is 18.9 Å². The number of hydrogen-bond acceptors (Lipinski definition) is 3. The van der Waals surface area contributed by atoms with Crippen molar-refractivity contribution in [1.29, 1.82) is 0 Å². The maximum absolute atomic E-state index is 12.5. The van der Waals surface area contributed by atoms with Gasteiger partial charge < -0.3 is 10.0 Å². The number of aryl methyl sites for hydroxylation is 1. The van der Waals surface area contributed by atoms with Crippen LogP contribution >= 0.6 is 0 Å². The van der Waals surface area contributed by atoms with Gasteiger partial charge in [-0.3, -0.25) is 14.5 Å². The van der Waals surface area contributed by atoms with Crippen molar-refractivity contribution in [2.75, 3.05) is 31.1 Å². The molecule has 0 aromatic heterocycles. The van der Waals surface area contributed by atoms with Crippen LogP contribution in [-0.2, 0) is 9.59 Å². The van der Waals surface area contributed by atoms with Crippen molar-refractivity contribution < 1.29 is 14.7 Å². The van der Waals surface area contributed by atoms with E-state index in [0.717, 1.165) is 11.3 Å². The maximum Gasteiger partial charge on any atom is 0.307 e. The summed E-state index contributed by atoms with van der Waals surface area (Å²) < 4.78 is 0. The summed E-state index contributed by atoms with van der Waals surface area (Å²) in [4.78, 5) is 27.2. The van der Waals surface area contributed by atoms with Gasteiger partial charge in [-0.25, -0.2) is 0 Å². The first kappa shape index (κ1) is 15.5. The van der Waals surface area contributed by atoms with Crippen molar-refractivity contribution in [3.63, 3.8) is 0 Å². The molecule has 0 saturated carbocycles. The van der Waals surface area contributed by atoms with Crippen molar-refractivity contribution in [3.8, 4) is 0 Å². The number of aliphatic carboxylic acids is 1. The van der Waals surface area contributed by atoms with Gasteiger partial charge in [0.1, 0.15) is 0 Å². The van der Waals surface area contributed by atoms with E-state index in [1.54, 1.807) is 4.90 Å². The van der Waals surface area contributed by atoms with Crippen LogP contribution in [0.3, 0.4) is 0 Å². The van der Waals surface area contributed by atoms with E-state index in [0.29, 0.717) is 26.1 Å². The fraction of sp³-hybridized carbons (Fsp3) is 0.500. The molecule has 2 rings (SSSR count). The first-order valence-corrected chi connectivity index (χ1v) is 7.34. The topological polar surface area (TPSA) is 60.9 Å². The van der Waals surface area contributed by atoms with Gasteiger partial charge in [-0.15, -0.1) is 0 Å². The average molecular weight is 290 g/mol. The van der Waals surface area contributed by atoms with Gasteiger partial charge in [0.25, 0.3) is 0 Å². The first-order valence-electron chi connectivity index (χ1n) is 7.34. The number of anilines is 1. The number of hydrogen-bond donors (Lipinski definition) is 1. The number of carboxylic acids is 1. The zero-order valence-electron chi connectivity index (χ0n) is 12.6. The molecule has 1 saturated heterocycles. The zero-order chi connectivity index (χ0) is 15.4. The number of carbonyl (C=O) groups excluding carboxylic acids is 1. The molecule has 0 spiro atoms. The van der Waals surface area contributed by atoms with E-state index in [1.165, 1.54) is 0 Å². The number of benzene rings is 1. The summed E-state index contributed by atoms with van der Waals surface area (Å²) in [7, 11) is 0. The predicted octanol–water partition coefficient (Wildman–Crippen LogP) is 1.75. The number of nitrogens with zero attached hydrogens (tertiary/aromatic N) is 2.